The highest BCUT2D eigenvalue weighted by molar-refractivity contribution is 7.13. The second-order valence-electron chi connectivity index (χ2n) is 20.5. The Morgan fingerprint density at radius 1 is 0.986 bits per heavy atom. The molecule has 4 N–H and O–H groups in total. The summed E-state index contributed by atoms with van der Waals surface area (Å²) in [5.74, 6) is -2.75. The number of nitrogens with one attached hydrogen (secondary N) is 3. The van der Waals surface area contributed by atoms with Crippen LogP contribution < -0.4 is 15.4 Å². The number of aliphatic hydroxyl groups is 1. The summed E-state index contributed by atoms with van der Waals surface area (Å²) in [6.45, 7) is 12.5. The summed E-state index contributed by atoms with van der Waals surface area (Å²) in [6, 6.07) is 18.6. The summed E-state index contributed by atoms with van der Waals surface area (Å²) in [5.41, 5.74) is 6.03. The summed E-state index contributed by atoms with van der Waals surface area (Å²) < 4.78 is 53.5. The van der Waals surface area contributed by atoms with Crippen molar-refractivity contribution in [1.29, 1.82) is 0 Å². The van der Waals surface area contributed by atoms with Gasteiger partial charge < -0.3 is 30.4 Å². The van der Waals surface area contributed by atoms with Gasteiger partial charge in [0.1, 0.15) is 41.7 Å². The zero-order chi connectivity index (χ0) is 50.1. The Balaban J connectivity index is 0.840. The highest BCUT2D eigenvalue weighted by Gasteiger charge is 2.45. The summed E-state index contributed by atoms with van der Waals surface area (Å²) in [4.78, 5) is 57.4. The number of ether oxygens (including phenoxy) is 1. The van der Waals surface area contributed by atoms with E-state index in [-0.39, 0.29) is 68.3 Å². The van der Waals surface area contributed by atoms with Gasteiger partial charge in [-0.05, 0) is 86.8 Å². The number of pyridine rings is 1. The number of thiazole rings is 1. The smallest absolute Gasteiger partial charge is 0.246 e. The molecule has 3 amide bonds. The molecule has 0 spiro atoms. The molecule has 70 heavy (non-hydrogen) atoms. The molecule has 1 fully saturated rings. The van der Waals surface area contributed by atoms with Gasteiger partial charge >= 0.3 is 0 Å². The third-order valence-corrected chi connectivity index (χ3v) is 14.2. The molecule has 12 nitrogen and oxygen atoms in total. The first kappa shape index (κ1) is 50.3. The number of alkyl halides is 1. The summed E-state index contributed by atoms with van der Waals surface area (Å²) in [7, 11) is 0. The number of aromatic nitrogens is 3. The SMILES string of the molecule is Cc1ncsc1-c1ccc(CNC(=O)[C@@H]2C[C@@H](O)CN2C(=O)C(NC(=O)CCCc2ccc(COc3cc(F)c([C@@H]4c5[nH]c6ccccc6c5C[C@@H](C)N4CC(C)(C)F)c(F)c3)nc2)C(C)(C)C)cc1. The number of rotatable bonds is 16. The molecule has 5 atom stereocenters. The highest BCUT2D eigenvalue weighted by Crippen LogP contribution is 2.44. The van der Waals surface area contributed by atoms with Crippen LogP contribution in [0.25, 0.3) is 21.3 Å². The Kier molecular flexibility index (Phi) is 14.9. The van der Waals surface area contributed by atoms with E-state index < -0.39 is 52.9 Å². The molecule has 5 heterocycles. The van der Waals surface area contributed by atoms with Gasteiger partial charge in [-0.25, -0.2) is 18.2 Å². The number of benzene rings is 3. The molecule has 8 rings (SSSR count). The fourth-order valence-electron chi connectivity index (χ4n) is 9.72. The normalized spacial score (nSPS) is 19.0. The van der Waals surface area contributed by atoms with E-state index in [1.165, 1.54) is 18.7 Å². The molecule has 16 heteroatoms. The second kappa shape index (κ2) is 20.7. The van der Waals surface area contributed by atoms with Crippen molar-refractivity contribution in [2.75, 3.05) is 13.1 Å². The first-order chi connectivity index (χ1) is 33.2. The van der Waals surface area contributed by atoms with E-state index in [4.69, 9.17) is 4.74 Å². The van der Waals surface area contributed by atoms with Gasteiger partial charge in [-0.1, -0.05) is 69.3 Å². The number of β-amino-alcohol motifs (C(OH)–C–C–N with tert-alkyl or cyclic N) is 1. The third-order valence-electron chi connectivity index (χ3n) is 13.3. The van der Waals surface area contributed by atoms with Crippen LogP contribution >= 0.6 is 11.3 Å². The van der Waals surface area contributed by atoms with E-state index in [1.807, 2.05) is 94.1 Å². The van der Waals surface area contributed by atoms with Crippen molar-refractivity contribution in [2.24, 2.45) is 5.41 Å². The number of aromatic amines is 1. The Morgan fingerprint density at radius 2 is 1.70 bits per heavy atom. The summed E-state index contributed by atoms with van der Waals surface area (Å²) in [5, 5.41) is 17.4. The molecule has 3 aromatic carbocycles. The minimum atomic E-state index is -1.62. The number of fused-ring (bicyclic) bond motifs is 3. The maximum absolute atomic E-state index is 16.2. The largest absolute Gasteiger partial charge is 0.487 e. The molecule has 0 saturated carbocycles. The highest BCUT2D eigenvalue weighted by atomic mass is 32.1. The number of aryl methyl sites for hydroxylation is 2. The molecule has 3 aromatic heterocycles. The second-order valence-corrected chi connectivity index (χ2v) is 21.3. The van der Waals surface area contributed by atoms with Crippen LogP contribution in [0.5, 0.6) is 5.75 Å². The lowest BCUT2D eigenvalue weighted by molar-refractivity contribution is -0.144. The molecule has 1 saturated heterocycles. The van der Waals surface area contributed by atoms with Crippen LogP contribution in [0.1, 0.15) is 106 Å². The Bertz CT molecular complexity index is 2810. The quantitative estimate of drug-likeness (QED) is 0.0750. The first-order valence-electron chi connectivity index (χ1n) is 23.9. The van der Waals surface area contributed by atoms with Gasteiger partial charge in [-0.2, -0.15) is 0 Å². The molecule has 1 unspecified atom stereocenters. The summed E-state index contributed by atoms with van der Waals surface area (Å²) >= 11 is 1.56. The monoisotopic (exact) mass is 977 g/mol. The van der Waals surface area contributed by atoms with Gasteiger partial charge in [0.2, 0.25) is 17.7 Å². The van der Waals surface area contributed by atoms with Crippen LogP contribution in [0.3, 0.4) is 0 Å². The number of nitrogens with zero attached hydrogens (tertiary/aromatic N) is 4. The van der Waals surface area contributed by atoms with Crippen molar-refractivity contribution in [3.05, 3.63) is 135 Å². The number of carbonyl (C=O) groups excluding carboxylic acids is 3. The van der Waals surface area contributed by atoms with Crippen molar-refractivity contribution in [2.45, 2.75) is 130 Å². The van der Waals surface area contributed by atoms with E-state index >= 15 is 13.2 Å². The number of amides is 3. The number of aliphatic hydroxyl groups excluding tert-OH is 1. The van der Waals surface area contributed by atoms with Crippen molar-refractivity contribution in [3.63, 3.8) is 0 Å². The van der Waals surface area contributed by atoms with Gasteiger partial charge in [-0.3, -0.25) is 24.3 Å². The molecule has 6 aromatic rings. The molecule has 0 radical (unpaired) electrons. The molecule has 2 aliphatic rings. The molecular weight excluding hydrogens is 916 g/mol. The van der Waals surface area contributed by atoms with E-state index in [1.54, 1.807) is 29.1 Å². The van der Waals surface area contributed by atoms with Crippen molar-refractivity contribution in [1.82, 2.24) is 35.4 Å². The Labute approximate surface area is 411 Å². The van der Waals surface area contributed by atoms with Crippen LogP contribution in [0.15, 0.2) is 84.5 Å². The minimum absolute atomic E-state index is 0.0132. The van der Waals surface area contributed by atoms with E-state index in [9.17, 15) is 19.5 Å². The zero-order valence-electron chi connectivity index (χ0n) is 40.7. The van der Waals surface area contributed by atoms with Gasteiger partial charge in [0.05, 0.1) is 33.9 Å². The number of hydrogen-bond acceptors (Lipinski definition) is 9. The number of carbonyl (C=O) groups is 3. The maximum Gasteiger partial charge on any atom is 0.246 e. The zero-order valence-corrected chi connectivity index (χ0v) is 41.6. The average Bonchev–Trinajstić information content (AvgIpc) is 4.03. The van der Waals surface area contributed by atoms with Crippen LogP contribution in [-0.2, 0) is 40.4 Å². The molecule has 0 aliphatic carbocycles. The van der Waals surface area contributed by atoms with E-state index in [2.05, 4.69) is 25.6 Å². The van der Waals surface area contributed by atoms with Crippen molar-refractivity contribution in [3.8, 4) is 16.2 Å². The Morgan fingerprint density at radius 3 is 2.36 bits per heavy atom. The number of hydrogen-bond donors (Lipinski definition) is 4. The van der Waals surface area contributed by atoms with Crippen LogP contribution in [0, 0.1) is 24.0 Å². The average molecular weight is 978 g/mol. The lowest BCUT2D eigenvalue weighted by Crippen LogP contribution is -2.57. The van der Waals surface area contributed by atoms with Gasteiger partial charge in [0.15, 0.2) is 0 Å². The lowest BCUT2D eigenvalue weighted by Gasteiger charge is -2.43. The maximum atomic E-state index is 16.2. The van der Waals surface area contributed by atoms with Crippen LogP contribution in [0.2, 0.25) is 0 Å². The van der Waals surface area contributed by atoms with Crippen LogP contribution in [-0.4, -0.2) is 90.6 Å². The molecule has 2 aliphatic heterocycles. The number of likely N-dealkylation sites (tertiary alicyclic amines) is 1. The fourth-order valence-corrected chi connectivity index (χ4v) is 10.5. The number of para-hydroxylation sites is 1. The molecule has 0 bridgehead atoms. The topological polar surface area (TPSA) is 153 Å². The predicted molar refractivity (Wildman–Crippen MR) is 265 cm³/mol. The third kappa shape index (κ3) is 11.4. The Hall–Kier alpha value is -6.10. The predicted octanol–water partition coefficient (Wildman–Crippen LogP) is 9.07. The lowest BCUT2D eigenvalue weighted by atomic mass is 9.85. The summed E-state index contributed by atoms with van der Waals surface area (Å²) in [6.07, 6.45) is 2.55. The van der Waals surface area contributed by atoms with Gasteiger partial charge in [-0.15, -0.1) is 11.3 Å². The standard InChI is InChI=1S/C54H62F3N7O5S/c1-31-21-40-39-12-8-9-13-43(39)61-47(40)48(64(31)29-54(6,7)57)46-41(55)23-38(24-42(46)56)69-28-36-20-17-33(25-58-36)11-10-14-45(66)62-50(53(3,4)5)52(68)63-27-37(65)22-44(63)51(67)59-26-34-15-18-35(19-16-34)49-32(2)60-30-70-49/h8-9,12-13,15-20,23-25,30-31,37,44,48,50,61,65H,10-11,14,21-22,26-29H2,1-7H3,(H,59,67)(H,62,66)/t31-,37-,44+,48-,50?/m1/s1. The van der Waals surface area contributed by atoms with Crippen molar-refractivity contribution < 1.29 is 37.4 Å². The van der Waals surface area contributed by atoms with Gasteiger partial charge in [0, 0.05) is 79.0 Å². The fraction of sp³-hybridized carbons (Fsp3) is 0.426. The first-order valence-corrected chi connectivity index (χ1v) is 24.8. The minimum Gasteiger partial charge on any atom is -0.487 e. The van der Waals surface area contributed by atoms with E-state index in [0.717, 1.165) is 55.9 Å². The molecule has 370 valence electrons. The van der Waals surface area contributed by atoms with Gasteiger partial charge in [0.25, 0.3) is 0 Å². The number of H-pyrrole nitrogens is 1. The van der Waals surface area contributed by atoms with Crippen LogP contribution in [0.4, 0.5) is 13.2 Å². The molecular formula is C54H62F3N7O5S. The van der Waals surface area contributed by atoms with Crippen molar-refractivity contribution >= 4 is 40.0 Å². The number of halogens is 3. The van der Waals surface area contributed by atoms with E-state index in [0.29, 0.717) is 30.7 Å².